The fourth-order valence-electron chi connectivity index (χ4n) is 3.69. The van der Waals surface area contributed by atoms with Crippen molar-refractivity contribution in [3.63, 3.8) is 0 Å². The molecule has 30 heavy (non-hydrogen) atoms. The highest BCUT2D eigenvalue weighted by atomic mass is 19.4. The van der Waals surface area contributed by atoms with Crippen LogP contribution >= 0.6 is 0 Å². The Balaban J connectivity index is 3.62. The largest absolute Gasteiger partial charge is 0.426 e. The lowest BCUT2D eigenvalue weighted by Gasteiger charge is -2.48. The van der Waals surface area contributed by atoms with Gasteiger partial charge in [0.05, 0.1) is 12.2 Å². The summed E-state index contributed by atoms with van der Waals surface area (Å²) < 4.78 is 163. The molecule has 1 rings (SSSR count). The molecule has 0 aromatic heterocycles. The summed E-state index contributed by atoms with van der Waals surface area (Å²) in [6, 6.07) is 0. The summed E-state index contributed by atoms with van der Waals surface area (Å²) in [5.41, 5.74) is -11.2. The fourth-order valence-corrected chi connectivity index (χ4v) is 3.69. The van der Waals surface area contributed by atoms with Crippen molar-refractivity contribution < 1.29 is 67.6 Å². The quantitative estimate of drug-likeness (QED) is 0.570. The van der Waals surface area contributed by atoms with Gasteiger partial charge in [0.1, 0.15) is 0 Å². The van der Waals surface area contributed by atoms with E-state index in [0.29, 0.717) is 0 Å². The van der Waals surface area contributed by atoms with Gasteiger partial charge in [0.2, 0.25) is 0 Å². The van der Waals surface area contributed by atoms with E-state index in [0.717, 1.165) is 0 Å². The van der Waals surface area contributed by atoms with Gasteiger partial charge in [-0.2, -0.15) is 52.7 Å². The molecule has 1 saturated carbocycles. The zero-order chi connectivity index (χ0) is 24.1. The number of alkyl halides is 12. The molecule has 15 heteroatoms. The molecule has 0 bridgehead atoms. The van der Waals surface area contributed by atoms with Gasteiger partial charge in [0, 0.05) is 11.8 Å². The second kappa shape index (κ2) is 7.87. The van der Waals surface area contributed by atoms with Crippen LogP contribution in [-0.4, -0.2) is 58.3 Å². The van der Waals surface area contributed by atoms with Crippen LogP contribution in [0.5, 0.6) is 0 Å². The number of aliphatic hydroxyl groups is 2. The molecule has 2 atom stereocenters. The number of halogens is 12. The molecule has 1 fully saturated rings. The first-order valence-electron chi connectivity index (χ1n) is 8.37. The van der Waals surface area contributed by atoms with Gasteiger partial charge in [-0.25, -0.2) is 0 Å². The van der Waals surface area contributed by atoms with E-state index >= 15 is 0 Å². The van der Waals surface area contributed by atoms with Gasteiger partial charge in [-0.3, -0.25) is 0 Å². The average molecular weight is 474 g/mol. The van der Waals surface area contributed by atoms with Gasteiger partial charge in [-0.15, -0.1) is 0 Å². The van der Waals surface area contributed by atoms with Crippen LogP contribution in [0.2, 0.25) is 0 Å². The Morgan fingerprint density at radius 3 is 1.07 bits per heavy atom. The first kappa shape index (κ1) is 27.1. The Morgan fingerprint density at radius 2 is 0.867 bits per heavy atom. The third-order valence-corrected chi connectivity index (χ3v) is 5.04. The third kappa shape index (κ3) is 4.61. The Hall–Kier alpha value is -0.960. The minimum Gasteiger partial charge on any atom is -0.376 e. The summed E-state index contributed by atoms with van der Waals surface area (Å²) in [5.74, 6) is -6.40. The molecule has 0 spiro atoms. The van der Waals surface area contributed by atoms with Gasteiger partial charge in [0.15, 0.2) is 0 Å². The van der Waals surface area contributed by atoms with E-state index in [1.54, 1.807) is 0 Å². The summed E-state index contributed by atoms with van der Waals surface area (Å²) in [5, 5.41) is 19.0. The first-order chi connectivity index (χ1) is 13.0. The van der Waals surface area contributed by atoms with Gasteiger partial charge >= 0.3 is 24.7 Å². The van der Waals surface area contributed by atoms with Crippen LogP contribution in [0.15, 0.2) is 0 Å². The van der Waals surface area contributed by atoms with Crippen molar-refractivity contribution in [3.8, 4) is 0 Å². The van der Waals surface area contributed by atoms with Crippen molar-refractivity contribution in [2.24, 2.45) is 11.8 Å². The number of hydrogen-bond donors (Lipinski definition) is 2. The van der Waals surface area contributed by atoms with E-state index < -0.39 is 79.2 Å². The zero-order valence-corrected chi connectivity index (χ0v) is 15.3. The lowest BCUT2D eigenvalue weighted by molar-refractivity contribution is -0.406. The molecular formula is C15H18F12O3. The normalized spacial score (nSPS) is 25.7. The summed E-state index contributed by atoms with van der Waals surface area (Å²) >= 11 is 0. The topological polar surface area (TPSA) is 49.7 Å². The molecule has 0 amide bonds. The minimum atomic E-state index is -6.48. The average Bonchev–Trinajstić information content (AvgIpc) is 2.47. The minimum absolute atomic E-state index is 0.996. The molecule has 1 aliphatic rings. The molecular weight excluding hydrogens is 456 g/mol. The molecule has 0 radical (unpaired) electrons. The van der Waals surface area contributed by atoms with Crippen molar-refractivity contribution in [1.29, 1.82) is 0 Å². The van der Waals surface area contributed by atoms with E-state index in [1.165, 1.54) is 13.8 Å². The van der Waals surface area contributed by atoms with E-state index in [2.05, 4.69) is 0 Å². The lowest BCUT2D eigenvalue weighted by atomic mass is 9.65. The molecule has 3 nitrogen and oxygen atoms in total. The van der Waals surface area contributed by atoms with Crippen LogP contribution in [0.4, 0.5) is 52.7 Å². The number of ether oxygens (including phenoxy) is 1. The van der Waals surface area contributed by atoms with Crippen molar-refractivity contribution >= 4 is 0 Å². The van der Waals surface area contributed by atoms with Gasteiger partial charge in [-0.05, 0) is 33.1 Å². The second-order valence-electron chi connectivity index (χ2n) is 7.43. The van der Waals surface area contributed by atoms with Crippen LogP contribution in [0, 0.1) is 11.8 Å². The van der Waals surface area contributed by atoms with E-state index in [-0.39, 0.29) is 0 Å². The molecule has 1 aliphatic carbocycles. The zero-order valence-electron chi connectivity index (χ0n) is 15.3. The van der Waals surface area contributed by atoms with Crippen molar-refractivity contribution in [1.82, 2.24) is 0 Å². The van der Waals surface area contributed by atoms with Crippen LogP contribution < -0.4 is 0 Å². The lowest BCUT2D eigenvalue weighted by Crippen LogP contribution is -2.67. The smallest absolute Gasteiger partial charge is 0.376 e. The molecule has 0 aromatic carbocycles. The van der Waals surface area contributed by atoms with E-state index in [1.807, 2.05) is 0 Å². The van der Waals surface area contributed by atoms with Crippen molar-refractivity contribution in [2.75, 3.05) is 0 Å². The van der Waals surface area contributed by atoms with Crippen LogP contribution in [0.1, 0.15) is 33.1 Å². The third-order valence-electron chi connectivity index (χ3n) is 5.04. The SMILES string of the molecule is CC(C)OC1CC(C(O)(C(F)(F)F)C(F)(F)F)CC(C(O)(C(F)(F)F)C(F)(F)F)C1. The van der Waals surface area contributed by atoms with E-state index in [4.69, 9.17) is 4.74 Å². The Labute approximate surface area is 162 Å². The highest BCUT2D eigenvalue weighted by molar-refractivity contribution is 5.08. The van der Waals surface area contributed by atoms with Crippen LogP contribution in [0.25, 0.3) is 0 Å². The Kier molecular flexibility index (Phi) is 7.10. The molecule has 0 aromatic rings. The molecule has 2 unspecified atom stereocenters. The molecule has 180 valence electrons. The molecule has 0 saturated heterocycles. The van der Waals surface area contributed by atoms with Crippen LogP contribution in [0.3, 0.4) is 0 Å². The highest BCUT2D eigenvalue weighted by Crippen LogP contribution is 2.57. The number of rotatable bonds is 4. The van der Waals surface area contributed by atoms with Gasteiger partial charge in [-0.1, -0.05) is 0 Å². The maximum absolute atomic E-state index is 13.1. The molecule has 0 aliphatic heterocycles. The predicted molar refractivity (Wildman–Crippen MR) is 75.0 cm³/mol. The summed E-state index contributed by atoms with van der Waals surface area (Å²) in [7, 11) is 0. The summed E-state index contributed by atoms with van der Waals surface area (Å²) in [4.78, 5) is 0. The Morgan fingerprint density at radius 1 is 0.600 bits per heavy atom. The fraction of sp³-hybridized carbons (Fsp3) is 1.00. The number of hydrogen-bond acceptors (Lipinski definition) is 3. The van der Waals surface area contributed by atoms with Gasteiger partial charge in [0.25, 0.3) is 11.2 Å². The second-order valence-corrected chi connectivity index (χ2v) is 7.43. The maximum atomic E-state index is 13.1. The van der Waals surface area contributed by atoms with Crippen molar-refractivity contribution in [2.45, 2.75) is 81.2 Å². The van der Waals surface area contributed by atoms with E-state index in [9.17, 15) is 62.9 Å². The van der Waals surface area contributed by atoms with Crippen LogP contribution in [-0.2, 0) is 4.74 Å². The standard InChI is InChI=1S/C15H18F12O3/c1-6(2)30-9-4-7(10(28,12(16,17)18)13(19,20)21)3-8(5-9)11(29,14(22,23)24)15(25,26)27/h6-9,28-29H,3-5H2,1-2H3. The molecule has 0 heterocycles. The van der Waals surface area contributed by atoms with Gasteiger partial charge < -0.3 is 14.9 Å². The van der Waals surface area contributed by atoms with Crippen molar-refractivity contribution in [3.05, 3.63) is 0 Å². The molecule has 2 N–H and O–H groups in total. The maximum Gasteiger partial charge on any atom is 0.426 e. The first-order valence-corrected chi connectivity index (χ1v) is 8.37. The summed E-state index contributed by atoms with van der Waals surface area (Å²) in [6.07, 6.45) is -33.6. The monoisotopic (exact) mass is 474 g/mol. The highest BCUT2D eigenvalue weighted by Gasteiger charge is 2.78. The summed E-state index contributed by atoms with van der Waals surface area (Å²) in [6.45, 7) is 2.39. The Bertz CT molecular complexity index is 516. The predicted octanol–water partition coefficient (Wildman–Crippen LogP) is 4.91.